The van der Waals surface area contributed by atoms with E-state index in [2.05, 4.69) is 15.1 Å². The number of esters is 1. The van der Waals surface area contributed by atoms with E-state index in [1.165, 1.54) is 14.2 Å². The van der Waals surface area contributed by atoms with Gasteiger partial charge in [-0.3, -0.25) is 14.4 Å². The van der Waals surface area contributed by atoms with Crippen molar-refractivity contribution < 1.29 is 19.2 Å². The molecule has 0 saturated carbocycles. The molecule has 0 rings (SSSR count). The highest BCUT2D eigenvalue weighted by atomic mass is 16.6. The quantitative estimate of drug-likeness (QED) is 0.503. The molecule has 0 heterocycles. The van der Waals surface area contributed by atoms with Crippen molar-refractivity contribution in [2.75, 3.05) is 14.2 Å². The van der Waals surface area contributed by atoms with Gasteiger partial charge in [0, 0.05) is 0 Å². The summed E-state index contributed by atoms with van der Waals surface area (Å²) in [6, 6.07) is 0. The molecule has 1 unspecified atom stereocenters. The van der Waals surface area contributed by atoms with Gasteiger partial charge in [0.15, 0.2) is 0 Å². The zero-order valence-electron chi connectivity index (χ0n) is 8.29. The van der Waals surface area contributed by atoms with Crippen LogP contribution < -0.4 is 5.48 Å². The zero-order valence-corrected chi connectivity index (χ0v) is 8.29. The average Bonchev–Trinajstić information content (AvgIpc) is 2.14. The molecule has 1 amide bonds. The first-order valence-electron chi connectivity index (χ1n) is 3.95. The minimum atomic E-state index is -0.472. The van der Waals surface area contributed by atoms with Crippen molar-refractivity contribution in [1.82, 2.24) is 5.48 Å². The van der Waals surface area contributed by atoms with Gasteiger partial charge in [0.2, 0.25) is 5.91 Å². The Bertz CT molecular complexity index is 193. The second-order valence-corrected chi connectivity index (χ2v) is 2.77. The van der Waals surface area contributed by atoms with Crippen molar-refractivity contribution >= 4 is 11.9 Å². The van der Waals surface area contributed by atoms with E-state index >= 15 is 0 Å². The summed E-state index contributed by atoms with van der Waals surface area (Å²) in [4.78, 5) is 26.6. The molecular weight excluding hydrogens is 174 g/mol. The van der Waals surface area contributed by atoms with Crippen LogP contribution in [0.3, 0.4) is 0 Å². The predicted octanol–water partition coefficient (Wildman–Crippen LogP) is 0.109. The summed E-state index contributed by atoms with van der Waals surface area (Å²) in [5.41, 5.74) is 2.16. The molecule has 0 aromatic carbocycles. The van der Waals surface area contributed by atoms with Crippen molar-refractivity contribution in [1.29, 1.82) is 0 Å². The van der Waals surface area contributed by atoms with Crippen molar-refractivity contribution in [3.8, 4) is 0 Å². The average molecular weight is 189 g/mol. The minimum absolute atomic E-state index is 0.333. The lowest BCUT2D eigenvalue weighted by atomic mass is 9.96. The number of carbonyl (C=O) groups excluding carboxylic acids is 2. The molecule has 0 aliphatic rings. The minimum Gasteiger partial charge on any atom is -0.469 e. The van der Waals surface area contributed by atoms with Gasteiger partial charge in [-0.05, 0) is 0 Å². The van der Waals surface area contributed by atoms with Crippen molar-refractivity contribution in [3.05, 3.63) is 0 Å². The van der Waals surface area contributed by atoms with Crippen LogP contribution in [0.1, 0.15) is 13.8 Å². The lowest BCUT2D eigenvalue weighted by molar-refractivity contribution is -0.151. The molecule has 0 spiro atoms. The number of ether oxygens (including phenoxy) is 1. The van der Waals surface area contributed by atoms with Gasteiger partial charge in [-0.25, -0.2) is 5.48 Å². The molecule has 1 N–H and O–H groups in total. The Kier molecular flexibility index (Phi) is 5.06. The summed E-state index contributed by atoms with van der Waals surface area (Å²) >= 11 is 0. The van der Waals surface area contributed by atoms with Gasteiger partial charge >= 0.3 is 5.97 Å². The van der Waals surface area contributed by atoms with E-state index in [-0.39, 0.29) is 5.91 Å². The van der Waals surface area contributed by atoms with Gasteiger partial charge in [-0.15, -0.1) is 0 Å². The highest BCUT2D eigenvalue weighted by molar-refractivity contribution is 5.84. The molecule has 0 aromatic heterocycles. The largest absolute Gasteiger partial charge is 0.469 e. The smallest absolute Gasteiger partial charge is 0.309 e. The number of amides is 1. The van der Waals surface area contributed by atoms with E-state index in [9.17, 15) is 9.59 Å². The first-order valence-corrected chi connectivity index (χ1v) is 3.95. The maximum absolute atomic E-state index is 11.2. The van der Waals surface area contributed by atoms with Crippen LogP contribution in [0.25, 0.3) is 0 Å². The number of hydroxylamine groups is 1. The van der Waals surface area contributed by atoms with E-state index < -0.39 is 17.8 Å². The summed E-state index contributed by atoms with van der Waals surface area (Å²) in [6.07, 6.45) is 0. The number of hydrogen-bond donors (Lipinski definition) is 1. The second kappa shape index (κ2) is 5.53. The monoisotopic (exact) mass is 189 g/mol. The van der Waals surface area contributed by atoms with Crippen LogP contribution >= 0.6 is 0 Å². The Hall–Kier alpha value is -1.10. The van der Waals surface area contributed by atoms with Crippen LogP contribution in [-0.2, 0) is 19.2 Å². The molecule has 0 radical (unpaired) electrons. The molecule has 0 fully saturated rings. The first-order chi connectivity index (χ1) is 6.04. The normalized spacial score (nSPS) is 14.5. The Morgan fingerprint density at radius 3 is 2.08 bits per heavy atom. The van der Waals surface area contributed by atoms with Gasteiger partial charge in [0.1, 0.15) is 0 Å². The van der Waals surface area contributed by atoms with Crippen LogP contribution in [0.5, 0.6) is 0 Å². The summed E-state index contributed by atoms with van der Waals surface area (Å²) < 4.78 is 4.50. The number of carbonyl (C=O) groups is 2. The van der Waals surface area contributed by atoms with Gasteiger partial charge in [-0.1, -0.05) is 13.8 Å². The fourth-order valence-corrected chi connectivity index (χ4v) is 0.811. The van der Waals surface area contributed by atoms with E-state index in [1.54, 1.807) is 13.8 Å². The van der Waals surface area contributed by atoms with Gasteiger partial charge in [-0.2, -0.15) is 0 Å². The highest BCUT2D eigenvalue weighted by Crippen LogP contribution is 2.12. The molecule has 0 bridgehead atoms. The molecule has 5 nitrogen and oxygen atoms in total. The van der Waals surface area contributed by atoms with Crippen molar-refractivity contribution in [2.24, 2.45) is 11.8 Å². The van der Waals surface area contributed by atoms with E-state index in [0.29, 0.717) is 0 Å². The van der Waals surface area contributed by atoms with Gasteiger partial charge in [0.05, 0.1) is 26.1 Å². The van der Waals surface area contributed by atoms with Crippen molar-refractivity contribution in [3.63, 3.8) is 0 Å². The molecule has 13 heavy (non-hydrogen) atoms. The van der Waals surface area contributed by atoms with Crippen LogP contribution in [0.4, 0.5) is 0 Å². The summed E-state index contributed by atoms with van der Waals surface area (Å²) in [5, 5.41) is 0. The Morgan fingerprint density at radius 1 is 1.15 bits per heavy atom. The lowest BCUT2D eigenvalue weighted by Gasteiger charge is -2.15. The summed E-state index contributed by atoms with van der Waals surface area (Å²) in [6.45, 7) is 3.27. The summed E-state index contributed by atoms with van der Waals surface area (Å²) in [7, 11) is 2.63. The highest BCUT2D eigenvalue weighted by Gasteiger charge is 2.26. The van der Waals surface area contributed by atoms with E-state index in [0.717, 1.165) is 0 Å². The van der Waals surface area contributed by atoms with Crippen LogP contribution in [0, 0.1) is 11.8 Å². The SMILES string of the molecule is CONC(=O)C(C)[C@@H](C)C(=O)OC. The molecule has 0 saturated heterocycles. The molecular formula is C8H15NO4. The van der Waals surface area contributed by atoms with E-state index in [1.807, 2.05) is 0 Å². The topological polar surface area (TPSA) is 64.6 Å². The molecule has 5 heteroatoms. The number of rotatable bonds is 4. The Labute approximate surface area is 77.3 Å². The molecule has 76 valence electrons. The number of hydrogen-bond acceptors (Lipinski definition) is 4. The molecule has 0 aliphatic heterocycles. The predicted molar refractivity (Wildman–Crippen MR) is 45.5 cm³/mol. The van der Waals surface area contributed by atoms with Gasteiger partial charge < -0.3 is 4.74 Å². The van der Waals surface area contributed by atoms with Crippen LogP contribution in [-0.4, -0.2) is 26.1 Å². The first kappa shape index (κ1) is 11.9. The molecule has 0 aromatic rings. The second-order valence-electron chi connectivity index (χ2n) is 2.77. The van der Waals surface area contributed by atoms with Crippen molar-refractivity contribution in [2.45, 2.75) is 13.8 Å². The van der Waals surface area contributed by atoms with Crippen LogP contribution in [0.15, 0.2) is 0 Å². The Morgan fingerprint density at radius 2 is 1.69 bits per heavy atom. The molecule has 0 aliphatic carbocycles. The fraction of sp³-hybridized carbons (Fsp3) is 0.750. The molecule has 2 atom stereocenters. The number of nitrogens with one attached hydrogen (secondary N) is 1. The third-order valence-electron chi connectivity index (χ3n) is 1.94. The Balaban J connectivity index is 4.16. The lowest BCUT2D eigenvalue weighted by Crippen LogP contribution is -2.35. The zero-order chi connectivity index (χ0) is 10.4. The van der Waals surface area contributed by atoms with Crippen LogP contribution in [0.2, 0.25) is 0 Å². The third kappa shape index (κ3) is 3.42. The summed E-state index contributed by atoms with van der Waals surface area (Å²) in [5.74, 6) is -1.67. The maximum Gasteiger partial charge on any atom is 0.309 e. The fourth-order valence-electron chi connectivity index (χ4n) is 0.811. The standard InChI is InChI=1S/C8H15NO4/c1-5(7(10)9-13-4)6(2)8(11)12-3/h5-6H,1-4H3,(H,9,10)/t5?,6-/m1/s1. The third-order valence-corrected chi connectivity index (χ3v) is 1.94. The van der Waals surface area contributed by atoms with E-state index in [4.69, 9.17) is 0 Å². The number of methoxy groups -OCH3 is 1. The van der Waals surface area contributed by atoms with Gasteiger partial charge in [0.25, 0.3) is 0 Å². The maximum atomic E-state index is 11.2.